The van der Waals surface area contributed by atoms with Crippen molar-refractivity contribution in [1.82, 2.24) is 9.97 Å². The van der Waals surface area contributed by atoms with Crippen LogP contribution in [0.25, 0.3) is 64.4 Å². The number of hydrogen-bond acceptors (Lipinski definition) is 3. The minimum absolute atomic E-state index is 0.0110. The molecule has 9 heteroatoms. The maximum Gasteiger partial charge on any atom is 0.417 e. The van der Waals surface area contributed by atoms with Crippen LogP contribution in [-0.4, -0.2) is 9.97 Å². The molecule has 0 atom stereocenters. The predicted octanol–water partition coefficient (Wildman–Crippen LogP) is 10.5. The number of halogens is 6. The molecule has 3 aromatic heterocycles. The summed E-state index contributed by atoms with van der Waals surface area (Å²) in [6.45, 7) is 0. The van der Waals surface area contributed by atoms with Gasteiger partial charge in [-0.25, -0.2) is 4.98 Å². The molecule has 0 N–H and O–H groups in total. The fourth-order valence-corrected chi connectivity index (χ4v) is 6.56. The fourth-order valence-electron chi connectivity index (χ4n) is 5.33. The third-order valence-electron chi connectivity index (χ3n) is 7.20. The lowest BCUT2D eigenvalue weighted by atomic mass is 9.98. The largest absolute Gasteiger partial charge is 0.417 e. The molecule has 0 aliphatic carbocycles. The van der Waals surface area contributed by atoms with Gasteiger partial charge in [0.1, 0.15) is 0 Å². The van der Waals surface area contributed by atoms with Crippen molar-refractivity contribution in [3.8, 4) is 22.4 Å². The number of rotatable bonds is 2. The van der Waals surface area contributed by atoms with Crippen LogP contribution in [0, 0.1) is 0 Å². The summed E-state index contributed by atoms with van der Waals surface area (Å²) in [5, 5.41) is 1.65. The van der Waals surface area contributed by atoms with Crippen LogP contribution in [-0.2, 0) is 12.4 Å². The number of nitrogens with zero attached hydrogens (tertiary/aromatic N) is 2. The number of pyridine rings is 2. The molecule has 4 aromatic carbocycles. The first-order valence-electron chi connectivity index (χ1n) is 12.5. The number of benzene rings is 4. The maximum atomic E-state index is 14.2. The van der Waals surface area contributed by atoms with Crippen LogP contribution in [0.5, 0.6) is 0 Å². The molecule has 0 saturated heterocycles. The van der Waals surface area contributed by atoms with E-state index in [4.69, 9.17) is 0 Å². The molecular weight excluding hydrogens is 558 g/mol. The summed E-state index contributed by atoms with van der Waals surface area (Å²) in [7, 11) is 0. The number of fused-ring (bicyclic) bond motifs is 6. The highest BCUT2D eigenvalue weighted by Gasteiger charge is 2.36. The van der Waals surface area contributed by atoms with Gasteiger partial charge < -0.3 is 0 Å². The SMILES string of the molecule is FC(F)(F)c1ccnc2c1ccc1c(C(F)(F)F)cc(-c3ccc(-c4cccc5c4sc4ccccc45)cc3)nc12. The summed E-state index contributed by atoms with van der Waals surface area (Å²) in [6.07, 6.45) is -8.52. The molecule has 0 radical (unpaired) electrons. The Hall–Kier alpha value is -4.50. The average Bonchev–Trinajstić information content (AvgIpc) is 3.34. The summed E-state index contributed by atoms with van der Waals surface area (Å²) >= 11 is 1.67. The quantitative estimate of drug-likeness (QED) is 0.152. The second-order valence-electron chi connectivity index (χ2n) is 9.62. The van der Waals surface area contributed by atoms with Gasteiger partial charge >= 0.3 is 12.4 Å². The predicted molar refractivity (Wildman–Crippen MR) is 151 cm³/mol. The molecule has 2 nitrogen and oxygen atoms in total. The van der Waals surface area contributed by atoms with E-state index in [0.717, 1.165) is 61.8 Å². The van der Waals surface area contributed by atoms with Crippen molar-refractivity contribution in [2.75, 3.05) is 0 Å². The molecule has 0 spiro atoms. The lowest BCUT2D eigenvalue weighted by Gasteiger charge is -2.15. The van der Waals surface area contributed by atoms with Crippen molar-refractivity contribution < 1.29 is 26.3 Å². The Bertz CT molecular complexity index is 2130. The van der Waals surface area contributed by atoms with E-state index in [2.05, 4.69) is 28.2 Å². The van der Waals surface area contributed by atoms with Gasteiger partial charge in [-0.2, -0.15) is 26.3 Å². The topological polar surface area (TPSA) is 25.8 Å². The Balaban J connectivity index is 1.40. The minimum Gasteiger partial charge on any atom is -0.254 e. The van der Waals surface area contributed by atoms with Gasteiger partial charge in [0.15, 0.2) is 0 Å². The summed E-state index contributed by atoms with van der Waals surface area (Å²) in [5.41, 5.74) is -0.188. The molecule has 0 saturated carbocycles. The second-order valence-corrected chi connectivity index (χ2v) is 10.7. The standard InChI is InChI=1S/C32H16F6N2S/c33-31(34,35)24-14-15-39-28-22(24)12-13-23-25(32(36,37)38)16-26(40-29(23)28)18-10-8-17(9-11-18)19-5-3-6-21-20-4-1-2-7-27(20)41-30(19)21/h1-16H. The summed E-state index contributed by atoms with van der Waals surface area (Å²) < 4.78 is 85.7. The third kappa shape index (κ3) is 4.19. The Morgan fingerprint density at radius 3 is 1.95 bits per heavy atom. The zero-order chi connectivity index (χ0) is 28.5. The maximum absolute atomic E-state index is 14.2. The van der Waals surface area contributed by atoms with E-state index >= 15 is 0 Å². The van der Waals surface area contributed by atoms with E-state index in [9.17, 15) is 26.3 Å². The van der Waals surface area contributed by atoms with Crippen molar-refractivity contribution in [1.29, 1.82) is 0 Å². The molecule has 7 aromatic rings. The van der Waals surface area contributed by atoms with Crippen molar-refractivity contribution in [3.05, 3.63) is 108 Å². The summed E-state index contributed by atoms with van der Waals surface area (Å²) in [5.74, 6) is 0. The highest BCUT2D eigenvalue weighted by molar-refractivity contribution is 7.26. The zero-order valence-electron chi connectivity index (χ0n) is 20.8. The molecule has 41 heavy (non-hydrogen) atoms. The first-order chi connectivity index (χ1) is 19.6. The number of thiophene rings is 1. The molecule has 7 rings (SSSR count). The van der Waals surface area contributed by atoms with Crippen LogP contribution >= 0.6 is 11.3 Å². The summed E-state index contributed by atoms with van der Waals surface area (Å²) in [4.78, 5) is 8.44. The van der Waals surface area contributed by atoms with Crippen LogP contribution in [0.3, 0.4) is 0 Å². The highest BCUT2D eigenvalue weighted by Crippen LogP contribution is 2.42. The van der Waals surface area contributed by atoms with E-state index in [-0.39, 0.29) is 27.5 Å². The highest BCUT2D eigenvalue weighted by atomic mass is 32.1. The van der Waals surface area contributed by atoms with Crippen LogP contribution in [0.2, 0.25) is 0 Å². The lowest BCUT2D eigenvalue weighted by Crippen LogP contribution is -2.09. The average molecular weight is 575 g/mol. The molecule has 0 aliphatic heterocycles. The molecular formula is C32H16F6N2S. The zero-order valence-corrected chi connectivity index (χ0v) is 21.6. The van der Waals surface area contributed by atoms with Gasteiger partial charge in [0, 0.05) is 42.7 Å². The van der Waals surface area contributed by atoms with Crippen molar-refractivity contribution in [2.24, 2.45) is 0 Å². The molecule has 0 amide bonds. The molecule has 0 bridgehead atoms. The van der Waals surface area contributed by atoms with E-state index < -0.39 is 23.5 Å². The van der Waals surface area contributed by atoms with Crippen molar-refractivity contribution >= 4 is 53.3 Å². The van der Waals surface area contributed by atoms with Gasteiger partial charge in [0.2, 0.25) is 0 Å². The van der Waals surface area contributed by atoms with Gasteiger partial charge in [-0.1, -0.05) is 72.8 Å². The van der Waals surface area contributed by atoms with Crippen LogP contribution in [0.4, 0.5) is 26.3 Å². The lowest BCUT2D eigenvalue weighted by molar-refractivity contribution is -0.137. The van der Waals surface area contributed by atoms with E-state index in [0.29, 0.717) is 5.56 Å². The minimum atomic E-state index is -4.76. The van der Waals surface area contributed by atoms with Gasteiger partial charge in [-0.15, -0.1) is 11.3 Å². The van der Waals surface area contributed by atoms with E-state index in [1.54, 1.807) is 23.5 Å². The molecule has 0 unspecified atom stereocenters. The second kappa shape index (κ2) is 9.01. The van der Waals surface area contributed by atoms with Crippen molar-refractivity contribution in [3.63, 3.8) is 0 Å². The first kappa shape index (κ1) is 25.5. The molecule has 202 valence electrons. The first-order valence-corrected chi connectivity index (χ1v) is 13.3. The number of alkyl halides is 6. The number of aromatic nitrogens is 2. The molecule has 0 fully saturated rings. The fraction of sp³-hybridized carbons (Fsp3) is 0.0625. The van der Waals surface area contributed by atoms with Crippen LogP contribution < -0.4 is 0 Å². The van der Waals surface area contributed by atoms with Gasteiger partial charge in [-0.05, 0) is 29.3 Å². The van der Waals surface area contributed by atoms with E-state index in [1.807, 2.05) is 36.4 Å². The normalized spacial score (nSPS) is 12.6. The molecule has 3 heterocycles. The number of hydrogen-bond donors (Lipinski definition) is 0. The molecule has 0 aliphatic rings. The van der Waals surface area contributed by atoms with Gasteiger partial charge in [0.25, 0.3) is 0 Å². The summed E-state index contributed by atoms with van der Waals surface area (Å²) in [6, 6.07) is 24.9. The van der Waals surface area contributed by atoms with E-state index in [1.165, 1.54) is 0 Å². The Morgan fingerprint density at radius 1 is 0.561 bits per heavy atom. The Kier molecular flexibility index (Phi) is 5.59. The Labute approximate surface area is 232 Å². The van der Waals surface area contributed by atoms with Crippen LogP contribution in [0.15, 0.2) is 97.2 Å². The third-order valence-corrected chi connectivity index (χ3v) is 8.42. The van der Waals surface area contributed by atoms with Crippen molar-refractivity contribution in [2.45, 2.75) is 12.4 Å². The van der Waals surface area contributed by atoms with Gasteiger partial charge in [-0.3, -0.25) is 4.98 Å². The Morgan fingerprint density at radius 2 is 1.22 bits per heavy atom. The monoisotopic (exact) mass is 574 g/mol. The van der Waals surface area contributed by atoms with Crippen LogP contribution in [0.1, 0.15) is 11.1 Å². The smallest absolute Gasteiger partial charge is 0.254 e. The van der Waals surface area contributed by atoms with Gasteiger partial charge in [0.05, 0.1) is 27.9 Å².